The SMILES string of the molecule is COc1ccc(C(=O)OCc2nc(-c3ccccc3OC)no2)cc1. The maximum absolute atomic E-state index is 12.0. The van der Waals surface area contributed by atoms with Gasteiger partial charge in [0.25, 0.3) is 5.89 Å². The van der Waals surface area contributed by atoms with Crippen LogP contribution in [0.3, 0.4) is 0 Å². The van der Waals surface area contributed by atoms with Gasteiger partial charge >= 0.3 is 5.97 Å². The van der Waals surface area contributed by atoms with Crippen LogP contribution < -0.4 is 9.47 Å². The van der Waals surface area contributed by atoms with Crippen molar-refractivity contribution >= 4 is 5.97 Å². The highest BCUT2D eigenvalue weighted by atomic mass is 16.6. The summed E-state index contributed by atoms with van der Waals surface area (Å²) in [6.07, 6.45) is 0. The number of hydrogen-bond donors (Lipinski definition) is 0. The molecular weight excluding hydrogens is 324 g/mol. The normalized spacial score (nSPS) is 10.3. The van der Waals surface area contributed by atoms with Crippen LogP contribution in [0.4, 0.5) is 0 Å². The summed E-state index contributed by atoms with van der Waals surface area (Å²) in [6.45, 7) is -0.118. The molecule has 7 heteroatoms. The molecule has 0 saturated heterocycles. The first-order valence-corrected chi connectivity index (χ1v) is 7.48. The van der Waals surface area contributed by atoms with E-state index in [2.05, 4.69) is 10.1 Å². The summed E-state index contributed by atoms with van der Waals surface area (Å²) < 4.78 is 20.6. The Hall–Kier alpha value is -3.35. The van der Waals surface area contributed by atoms with Crippen molar-refractivity contribution < 1.29 is 23.5 Å². The molecule has 0 atom stereocenters. The van der Waals surface area contributed by atoms with Gasteiger partial charge in [-0.25, -0.2) is 4.79 Å². The lowest BCUT2D eigenvalue weighted by molar-refractivity contribution is 0.0430. The van der Waals surface area contributed by atoms with Crippen LogP contribution in [-0.2, 0) is 11.3 Å². The maximum atomic E-state index is 12.0. The maximum Gasteiger partial charge on any atom is 0.338 e. The molecule has 1 heterocycles. The van der Waals surface area contributed by atoms with Gasteiger partial charge in [0.2, 0.25) is 5.82 Å². The Balaban J connectivity index is 1.66. The summed E-state index contributed by atoms with van der Waals surface area (Å²) in [5, 5.41) is 3.89. The summed E-state index contributed by atoms with van der Waals surface area (Å²) in [7, 11) is 3.12. The van der Waals surface area contributed by atoms with Gasteiger partial charge in [-0.2, -0.15) is 4.98 Å². The smallest absolute Gasteiger partial charge is 0.338 e. The van der Waals surface area contributed by atoms with Crippen LogP contribution in [0, 0.1) is 0 Å². The van der Waals surface area contributed by atoms with Crippen LogP contribution in [0.5, 0.6) is 11.5 Å². The second-order valence-corrected chi connectivity index (χ2v) is 5.02. The second-order valence-electron chi connectivity index (χ2n) is 5.02. The average Bonchev–Trinajstić information content (AvgIpc) is 3.15. The molecule has 0 aliphatic rings. The van der Waals surface area contributed by atoms with Crippen LogP contribution >= 0.6 is 0 Å². The van der Waals surface area contributed by atoms with Crippen LogP contribution in [0.25, 0.3) is 11.4 Å². The van der Waals surface area contributed by atoms with Crippen molar-refractivity contribution in [2.45, 2.75) is 6.61 Å². The molecule has 0 bridgehead atoms. The highest BCUT2D eigenvalue weighted by Gasteiger charge is 2.15. The molecule has 25 heavy (non-hydrogen) atoms. The standard InChI is InChI=1S/C18H16N2O5/c1-22-13-9-7-12(8-10-13)18(21)24-11-16-19-17(20-25-16)14-5-3-4-6-15(14)23-2/h3-10H,11H2,1-2H3. The van der Waals surface area contributed by atoms with Crippen molar-refractivity contribution in [2.24, 2.45) is 0 Å². The number of carbonyl (C=O) groups excluding carboxylic acids is 1. The summed E-state index contributed by atoms with van der Waals surface area (Å²) >= 11 is 0. The predicted octanol–water partition coefficient (Wildman–Crippen LogP) is 3.11. The van der Waals surface area contributed by atoms with Crippen LogP contribution in [-0.4, -0.2) is 30.3 Å². The minimum atomic E-state index is -0.486. The zero-order valence-corrected chi connectivity index (χ0v) is 13.8. The van der Waals surface area contributed by atoms with Gasteiger partial charge in [0, 0.05) is 0 Å². The Labute approximate surface area is 144 Å². The van der Waals surface area contributed by atoms with Gasteiger partial charge in [-0.15, -0.1) is 0 Å². The van der Waals surface area contributed by atoms with E-state index in [9.17, 15) is 4.79 Å². The third-order valence-electron chi connectivity index (χ3n) is 3.47. The quantitative estimate of drug-likeness (QED) is 0.637. The topological polar surface area (TPSA) is 83.7 Å². The van der Waals surface area contributed by atoms with Gasteiger partial charge in [0.05, 0.1) is 25.3 Å². The zero-order chi connectivity index (χ0) is 17.6. The van der Waals surface area contributed by atoms with Crippen molar-refractivity contribution in [3.8, 4) is 22.9 Å². The molecule has 2 aromatic carbocycles. The predicted molar refractivity (Wildman–Crippen MR) is 88.4 cm³/mol. The first-order valence-electron chi connectivity index (χ1n) is 7.48. The molecule has 0 aliphatic heterocycles. The Bertz CT molecular complexity index is 858. The third-order valence-corrected chi connectivity index (χ3v) is 3.47. The average molecular weight is 340 g/mol. The van der Waals surface area contributed by atoms with Gasteiger partial charge in [-0.3, -0.25) is 0 Å². The molecule has 7 nitrogen and oxygen atoms in total. The molecule has 0 fully saturated rings. The molecule has 0 amide bonds. The highest BCUT2D eigenvalue weighted by Crippen LogP contribution is 2.27. The third kappa shape index (κ3) is 3.77. The van der Waals surface area contributed by atoms with Crippen molar-refractivity contribution in [2.75, 3.05) is 14.2 Å². The Morgan fingerprint density at radius 3 is 2.52 bits per heavy atom. The minimum absolute atomic E-state index is 0.118. The van der Waals surface area contributed by atoms with E-state index >= 15 is 0 Å². The number of hydrogen-bond acceptors (Lipinski definition) is 7. The Kier molecular flexibility index (Phi) is 4.94. The number of aromatic nitrogens is 2. The van der Waals surface area contributed by atoms with E-state index in [1.165, 1.54) is 0 Å². The first-order chi connectivity index (χ1) is 12.2. The molecule has 3 aromatic rings. The lowest BCUT2D eigenvalue weighted by Crippen LogP contribution is -2.05. The Morgan fingerprint density at radius 2 is 1.80 bits per heavy atom. The fourth-order valence-electron chi connectivity index (χ4n) is 2.19. The van der Waals surface area contributed by atoms with E-state index in [0.717, 1.165) is 0 Å². The van der Waals surface area contributed by atoms with Gasteiger partial charge in [0.15, 0.2) is 6.61 Å². The number of carbonyl (C=O) groups is 1. The van der Waals surface area contributed by atoms with Crippen LogP contribution in [0.15, 0.2) is 53.1 Å². The lowest BCUT2D eigenvalue weighted by atomic mass is 10.2. The fourth-order valence-corrected chi connectivity index (χ4v) is 2.19. The van der Waals surface area contributed by atoms with E-state index in [4.69, 9.17) is 18.7 Å². The van der Waals surface area contributed by atoms with E-state index in [0.29, 0.717) is 28.5 Å². The molecular formula is C18H16N2O5. The number of nitrogens with zero attached hydrogens (tertiary/aromatic N) is 2. The van der Waals surface area contributed by atoms with Crippen LogP contribution in [0.1, 0.15) is 16.2 Å². The van der Waals surface area contributed by atoms with E-state index < -0.39 is 5.97 Å². The first kappa shape index (κ1) is 16.5. The summed E-state index contributed by atoms with van der Waals surface area (Å²) in [5.41, 5.74) is 1.10. The molecule has 0 spiro atoms. The molecule has 0 radical (unpaired) electrons. The molecule has 0 aliphatic carbocycles. The summed E-state index contributed by atoms with van der Waals surface area (Å²) in [5.74, 6) is 1.37. The molecule has 0 N–H and O–H groups in total. The lowest BCUT2D eigenvalue weighted by Gasteiger charge is -2.03. The van der Waals surface area contributed by atoms with Crippen molar-refractivity contribution in [3.05, 3.63) is 60.0 Å². The van der Waals surface area contributed by atoms with E-state index in [1.54, 1.807) is 44.6 Å². The number of benzene rings is 2. The molecule has 128 valence electrons. The number of methoxy groups -OCH3 is 2. The molecule has 0 saturated carbocycles. The fraction of sp³-hybridized carbons (Fsp3) is 0.167. The van der Waals surface area contributed by atoms with Crippen molar-refractivity contribution in [1.82, 2.24) is 10.1 Å². The zero-order valence-electron chi connectivity index (χ0n) is 13.8. The van der Waals surface area contributed by atoms with E-state index in [1.807, 2.05) is 18.2 Å². The highest BCUT2D eigenvalue weighted by molar-refractivity contribution is 5.89. The van der Waals surface area contributed by atoms with Gasteiger partial charge in [0.1, 0.15) is 11.5 Å². The number of ether oxygens (including phenoxy) is 3. The summed E-state index contributed by atoms with van der Waals surface area (Å²) in [4.78, 5) is 16.2. The Morgan fingerprint density at radius 1 is 1.04 bits per heavy atom. The number of rotatable bonds is 6. The molecule has 1 aromatic heterocycles. The van der Waals surface area contributed by atoms with Gasteiger partial charge in [-0.1, -0.05) is 17.3 Å². The number of para-hydroxylation sites is 1. The van der Waals surface area contributed by atoms with Gasteiger partial charge < -0.3 is 18.7 Å². The monoisotopic (exact) mass is 340 g/mol. The van der Waals surface area contributed by atoms with E-state index in [-0.39, 0.29) is 12.5 Å². The largest absolute Gasteiger partial charge is 0.497 e. The number of esters is 1. The van der Waals surface area contributed by atoms with Gasteiger partial charge in [-0.05, 0) is 36.4 Å². The van der Waals surface area contributed by atoms with Crippen LogP contribution in [0.2, 0.25) is 0 Å². The minimum Gasteiger partial charge on any atom is -0.497 e. The molecule has 0 unspecified atom stereocenters. The second kappa shape index (κ2) is 7.48. The van der Waals surface area contributed by atoms with Crippen molar-refractivity contribution in [1.29, 1.82) is 0 Å². The summed E-state index contributed by atoms with van der Waals surface area (Å²) in [6, 6.07) is 13.9. The molecule has 3 rings (SSSR count). The van der Waals surface area contributed by atoms with Crippen molar-refractivity contribution in [3.63, 3.8) is 0 Å².